The lowest BCUT2D eigenvalue weighted by atomic mass is 10.2. The number of nitrogens with zero attached hydrogens (tertiary/aromatic N) is 2. The zero-order valence-corrected chi connectivity index (χ0v) is 11.0. The molecule has 19 heavy (non-hydrogen) atoms. The van der Waals surface area contributed by atoms with Crippen LogP contribution in [0.5, 0.6) is 0 Å². The number of aryl methyl sites for hydroxylation is 1. The maximum absolute atomic E-state index is 11.4. The second-order valence-corrected chi connectivity index (χ2v) is 4.08. The SMILES string of the molecule is CCCCNC(=O)C=Cc1ccc([N+](=O)[O-])c(C)n1. The van der Waals surface area contributed by atoms with Gasteiger partial charge >= 0.3 is 0 Å². The number of hydrogen-bond acceptors (Lipinski definition) is 4. The molecule has 0 bridgehead atoms. The summed E-state index contributed by atoms with van der Waals surface area (Å²) in [6, 6.07) is 2.90. The molecule has 0 radical (unpaired) electrons. The highest BCUT2D eigenvalue weighted by molar-refractivity contribution is 5.91. The minimum atomic E-state index is -0.479. The highest BCUT2D eigenvalue weighted by Gasteiger charge is 2.10. The molecule has 0 aliphatic heterocycles. The third-order valence-corrected chi connectivity index (χ3v) is 2.51. The molecular weight excluding hydrogens is 246 g/mol. The summed E-state index contributed by atoms with van der Waals surface area (Å²) in [5.74, 6) is -0.189. The maximum atomic E-state index is 11.4. The number of pyridine rings is 1. The molecule has 0 saturated heterocycles. The summed E-state index contributed by atoms with van der Waals surface area (Å²) in [5, 5.41) is 13.4. The van der Waals surface area contributed by atoms with Crippen molar-refractivity contribution in [1.82, 2.24) is 10.3 Å². The third-order valence-electron chi connectivity index (χ3n) is 2.51. The van der Waals surface area contributed by atoms with Crippen LogP contribution in [-0.2, 0) is 4.79 Å². The molecule has 6 heteroatoms. The van der Waals surface area contributed by atoms with Crippen molar-refractivity contribution in [3.63, 3.8) is 0 Å². The molecule has 102 valence electrons. The van der Waals surface area contributed by atoms with Gasteiger partial charge in [0, 0.05) is 18.7 Å². The summed E-state index contributed by atoms with van der Waals surface area (Å²) in [7, 11) is 0. The van der Waals surface area contributed by atoms with Crippen LogP contribution in [0.3, 0.4) is 0 Å². The van der Waals surface area contributed by atoms with E-state index < -0.39 is 4.92 Å². The smallest absolute Gasteiger partial charge is 0.290 e. The molecule has 0 aromatic carbocycles. The van der Waals surface area contributed by atoms with Crippen LogP contribution in [-0.4, -0.2) is 22.4 Å². The van der Waals surface area contributed by atoms with Crippen LogP contribution in [0.4, 0.5) is 5.69 Å². The zero-order valence-electron chi connectivity index (χ0n) is 11.0. The molecule has 0 spiro atoms. The fourth-order valence-electron chi connectivity index (χ4n) is 1.47. The lowest BCUT2D eigenvalue weighted by Gasteiger charge is -2.00. The molecule has 0 saturated carbocycles. The van der Waals surface area contributed by atoms with E-state index in [0.717, 1.165) is 12.8 Å². The Morgan fingerprint density at radius 1 is 1.53 bits per heavy atom. The van der Waals surface area contributed by atoms with E-state index in [0.29, 0.717) is 17.9 Å². The molecule has 1 aromatic rings. The van der Waals surface area contributed by atoms with Crippen LogP contribution in [0, 0.1) is 17.0 Å². The van der Waals surface area contributed by atoms with Crippen molar-refractivity contribution in [3.05, 3.63) is 39.7 Å². The quantitative estimate of drug-likeness (QED) is 0.369. The van der Waals surface area contributed by atoms with E-state index in [1.807, 2.05) is 6.92 Å². The van der Waals surface area contributed by atoms with Crippen LogP contribution < -0.4 is 5.32 Å². The van der Waals surface area contributed by atoms with Gasteiger partial charge in [-0.3, -0.25) is 14.9 Å². The van der Waals surface area contributed by atoms with Gasteiger partial charge in [0.15, 0.2) is 0 Å². The summed E-state index contributed by atoms with van der Waals surface area (Å²) >= 11 is 0. The Bertz CT molecular complexity index is 498. The van der Waals surface area contributed by atoms with Crippen LogP contribution in [0.1, 0.15) is 31.2 Å². The topological polar surface area (TPSA) is 85.1 Å². The molecule has 1 aromatic heterocycles. The molecule has 1 rings (SSSR count). The van der Waals surface area contributed by atoms with Crippen LogP contribution in [0.15, 0.2) is 18.2 Å². The van der Waals surface area contributed by atoms with Gasteiger partial charge in [-0.15, -0.1) is 0 Å². The van der Waals surface area contributed by atoms with Gasteiger partial charge in [0.25, 0.3) is 5.69 Å². The minimum Gasteiger partial charge on any atom is -0.353 e. The third kappa shape index (κ3) is 4.87. The van der Waals surface area contributed by atoms with E-state index in [4.69, 9.17) is 0 Å². The molecule has 0 aliphatic carbocycles. The number of aromatic nitrogens is 1. The Morgan fingerprint density at radius 3 is 2.84 bits per heavy atom. The average molecular weight is 263 g/mol. The van der Waals surface area contributed by atoms with Crippen LogP contribution in [0.2, 0.25) is 0 Å². The molecule has 1 N–H and O–H groups in total. The summed E-state index contributed by atoms with van der Waals surface area (Å²) in [6.45, 7) is 4.26. The van der Waals surface area contributed by atoms with Crippen molar-refractivity contribution in [2.75, 3.05) is 6.54 Å². The molecule has 0 aliphatic rings. The first-order chi connectivity index (χ1) is 9.04. The lowest BCUT2D eigenvalue weighted by Crippen LogP contribution is -2.21. The first-order valence-electron chi connectivity index (χ1n) is 6.12. The Kier molecular flexibility index (Phi) is 5.66. The molecule has 0 unspecified atom stereocenters. The average Bonchev–Trinajstić information content (AvgIpc) is 2.36. The van der Waals surface area contributed by atoms with E-state index in [1.54, 1.807) is 6.92 Å². The molecule has 1 amide bonds. The summed E-state index contributed by atoms with van der Waals surface area (Å²) in [6.07, 6.45) is 4.88. The van der Waals surface area contributed by atoms with E-state index in [9.17, 15) is 14.9 Å². The standard InChI is InChI=1S/C13H17N3O3/c1-3-4-9-14-13(17)8-6-11-5-7-12(16(18)19)10(2)15-11/h5-8H,3-4,9H2,1-2H3,(H,14,17). The molecule has 0 atom stereocenters. The van der Waals surface area contributed by atoms with Gasteiger partial charge in [-0.2, -0.15) is 0 Å². The number of unbranched alkanes of at least 4 members (excludes halogenated alkanes) is 1. The van der Waals surface area contributed by atoms with Crippen molar-refractivity contribution in [2.24, 2.45) is 0 Å². The fraction of sp³-hybridized carbons (Fsp3) is 0.385. The van der Waals surface area contributed by atoms with Crippen molar-refractivity contribution in [3.8, 4) is 0 Å². The first kappa shape index (κ1) is 14.8. The maximum Gasteiger partial charge on any atom is 0.290 e. The van der Waals surface area contributed by atoms with Gasteiger partial charge in [0.2, 0.25) is 5.91 Å². The zero-order chi connectivity index (χ0) is 14.3. The molecule has 6 nitrogen and oxygen atoms in total. The van der Waals surface area contributed by atoms with Crippen molar-refractivity contribution >= 4 is 17.7 Å². The number of nitro groups is 1. The van der Waals surface area contributed by atoms with Gasteiger partial charge in [0.05, 0.1) is 10.6 Å². The van der Waals surface area contributed by atoms with E-state index >= 15 is 0 Å². The summed E-state index contributed by atoms with van der Waals surface area (Å²) in [4.78, 5) is 25.6. The highest BCUT2D eigenvalue weighted by atomic mass is 16.6. The Morgan fingerprint density at radius 2 is 2.26 bits per heavy atom. The number of carbonyl (C=O) groups excluding carboxylic acids is 1. The van der Waals surface area contributed by atoms with Gasteiger partial charge < -0.3 is 5.32 Å². The summed E-state index contributed by atoms with van der Waals surface area (Å²) < 4.78 is 0. The largest absolute Gasteiger partial charge is 0.353 e. The van der Waals surface area contributed by atoms with Crippen molar-refractivity contribution < 1.29 is 9.72 Å². The van der Waals surface area contributed by atoms with Gasteiger partial charge in [-0.05, 0) is 25.5 Å². The second-order valence-electron chi connectivity index (χ2n) is 4.08. The van der Waals surface area contributed by atoms with Gasteiger partial charge in [0.1, 0.15) is 5.69 Å². The predicted molar refractivity (Wildman–Crippen MR) is 72.6 cm³/mol. The second kappa shape index (κ2) is 7.25. The van der Waals surface area contributed by atoms with Crippen molar-refractivity contribution in [1.29, 1.82) is 0 Å². The van der Waals surface area contributed by atoms with Crippen LogP contribution in [0.25, 0.3) is 6.08 Å². The van der Waals surface area contributed by atoms with Crippen molar-refractivity contribution in [2.45, 2.75) is 26.7 Å². The van der Waals surface area contributed by atoms with E-state index in [-0.39, 0.29) is 11.6 Å². The highest BCUT2D eigenvalue weighted by Crippen LogP contribution is 2.15. The number of rotatable bonds is 6. The molecule has 1 heterocycles. The van der Waals surface area contributed by atoms with E-state index in [1.165, 1.54) is 24.3 Å². The van der Waals surface area contributed by atoms with Gasteiger partial charge in [-0.1, -0.05) is 13.3 Å². The van der Waals surface area contributed by atoms with Gasteiger partial charge in [-0.25, -0.2) is 4.98 Å². The monoisotopic (exact) mass is 263 g/mol. The van der Waals surface area contributed by atoms with Crippen LogP contribution >= 0.6 is 0 Å². The number of amides is 1. The normalized spacial score (nSPS) is 10.6. The number of carbonyl (C=O) groups is 1. The molecule has 0 fully saturated rings. The van der Waals surface area contributed by atoms with E-state index in [2.05, 4.69) is 10.3 Å². The Balaban J connectivity index is 2.64. The number of hydrogen-bond donors (Lipinski definition) is 1. The minimum absolute atomic E-state index is 0.0236. The number of nitrogens with one attached hydrogen (secondary N) is 1. The fourth-order valence-corrected chi connectivity index (χ4v) is 1.47. The molecular formula is C13H17N3O3. The predicted octanol–water partition coefficient (Wildman–Crippen LogP) is 2.23. The lowest BCUT2D eigenvalue weighted by molar-refractivity contribution is -0.385. The first-order valence-corrected chi connectivity index (χ1v) is 6.12. The Labute approximate surface area is 111 Å². The Hall–Kier alpha value is -2.24. The summed E-state index contributed by atoms with van der Waals surface area (Å²) in [5.41, 5.74) is 0.830.